The van der Waals surface area contributed by atoms with E-state index < -0.39 is 0 Å². The van der Waals surface area contributed by atoms with E-state index in [-0.39, 0.29) is 0 Å². The normalized spacial score (nSPS) is 31.5. The van der Waals surface area contributed by atoms with Crippen LogP contribution in [0.15, 0.2) is 0 Å². The Balaban J connectivity index is 2.39. The number of rotatable bonds is 3. The molecule has 0 spiro atoms. The Hall–Kier alpha value is 0. The highest BCUT2D eigenvalue weighted by molar-refractivity contribution is 4.72. The fourth-order valence-electron chi connectivity index (χ4n) is 2.75. The molecule has 0 saturated heterocycles. The molecule has 1 fully saturated rings. The molecular formula is C12H24. The molecule has 0 N–H and O–H groups in total. The van der Waals surface area contributed by atoms with Crippen molar-refractivity contribution in [2.24, 2.45) is 11.8 Å². The van der Waals surface area contributed by atoms with Crippen molar-refractivity contribution in [3.05, 3.63) is 0 Å². The Morgan fingerprint density at radius 2 is 1.58 bits per heavy atom. The molecule has 2 unspecified atom stereocenters. The summed E-state index contributed by atoms with van der Waals surface area (Å²) in [6.07, 6.45) is 11.8. The minimum absolute atomic E-state index is 1.06. The van der Waals surface area contributed by atoms with Crippen molar-refractivity contribution in [2.75, 3.05) is 0 Å². The highest BCUT2D eigenvalue weighted by Gasteiger charge is 2.20. The Morgan fingerprint density at radius 1 is 0.917 bits per heavy atom. The maximum Gasteiger partial charge on any atom is -0.0386 e. The SMILES string of the molecule is CCCC1CCCCCC1CC. The molecule has 0 bridgehead atoms. The van der Waals surface area contributed by atoms with Crippen molar-refractivity contribution in [1.29, 1.82) is 0 Å². The van der Waals surface area contributed by atoms with Gasteiger partial charge >= 0.3 is 0 Å². The summed E-state index contributed by atoms with van der Waals surface area (Å²) < 4.78 is 0. The smallest absolute Gasteiger partial charge is 0.0386 e. The van der Waals surface area contributed by atoms with Crippen molar-refractivity contribution in [1.82, 2.24) is 0 Å². The molecule has 72 valence electrons. The van der Waals surface area contributed by atoms with E-state index in [1.54, 1.807) is 0 Å². The van der Waals surface area contributed by atoms with Gasteiger partial charge in [0.2, 0.25) is 0 Å². The second-order valence-corrected chi connectivity index (χ2v) is 4.36. The van der Waals surface area contributed by atoms with Crippen LogP contribution in [0, 0.1) is 11.8 Å². The summed E-state index contributed by atoms with van der Waals surface area (Å²) in [5, 5.41) is 0. The molecule has 0 aromatic carbocycles. The lowest BCUT2D eigenvalue weighted by Gasteiger charge is -2.23. The Bertz CT molecular complexity index is 107. The second kappa shape index (κ2) is 5.61. The van der Waals surface area contributed by atoms with Gasteiger partial charge in [-0.2, -0.15) is 0 Å². The van der Waals surface area contributed by atoms with Crippen LogP contribution in [-0.2, 0) is 0 Å². The van der Waals surface area contributed by atoms with Gasteiger partial charge < -0.3 is 0 Å². The first-order valence-electron chi connectivity index (χ1n) is 5.88. The highest BCUT2D eigenvalue weighted by Crippen LogP contribution is 2.33. The van der Waals surface area contributed by atoms with Gasteiger partial charge in [-0.3, -0.25) is 0 Å². The van der Waals surface area contributed by atoms with E-state index in [9.17, 15) is 0 Å². The van der Waals surface area contributed by atoms with E-state index in [1.807, 2.05) is 0 Å². The Labute approximate surface area is 77.7 Å². The second-order valence-electron chi connectivity index (χ2n) is 4.36. The average Bonchev–Trinajstić information content (AvgIpc) is 2.30. The van der Waals surface area contributed by atoms with E-state index in [4.69, 9.17) is 0 Å². The quantitative estimate of drug-likeness (QED) is 0.548. The van der Waals surface area contributed by atoms with Crippen molar-refractivity contribution in [3.8, 4) is 0 Å². The van der Waals surface area contributed by atoms with Gasteiger partial charge in [0.25, 0.3) is 0 Å². The first-order valence-corrected chi connectivity index (χ1v) is 5.88. The van der Waals surface area contributed by atoms with E-state index in [2.05, 4.69) is 13.8 Å². The van der Waals surface area contributed by atoms with Gasteiger partial charge in [-0.05, 0) is 11.8 Å². The van der Waals surface area contributed by atoms with Crippen LogP contribution in [0.2, 0.25) is 0 Å². The molecule has 0 aliphatic heterocycles. The zero-order valence-corrected chi connectivity index (χ0v) is 8.81. The molecule has 0 amide bonds. The third kappa shape index (κ3) is 2.80. The van der Waals surface area contributed by atoms with Crippen molar-refractivity contribution in [2.45, 2.75) is 65.2 Å². The zero-order valence-electron chi connectivity index (χ0n) is 8.81. The summed E-state index contributed by atoms with van der Waals surface area (Å²) >= 11 is 0. The maximum atomic E-state index is 2.37. The molecule has 0 heterocycles. The van der Waals surface area contributed by atoms with Gasteiger partial charge in [-0.25, -0.2) is 0 Å². The van der Waals surface area contributed by atoms with Crippen molar-refractivity contribution < 1.29 is 0 Å². The summed E-state index contributed by atoms with van der Waals surface area (Å²) in [6, 6.07) is 0. The summed E-state index contributed by atoms with van der Waals surface area (Å²) in [6.45, 7) is 4.70. The topological polar surface area (TPSA) is 0 Å². The standard InChI is InChI=1S/C12H24/c1-3-8-12-10-7-5-6-9-11(12)4-2/h11-12H,3-10H2,1-2H3. The molecule has 1 rings (SSSR count). The highest BCUT2D eigenvalue weighted by atomic mass is 14.3. The summed E-state index contributed by atoms with van der Waals surface area (Å²) in [5.74, 6) is 2.13. The van der Waals surface area contributed by atoms with Crippen LogP contribution >= 0.6 is 0 Å². The maximum absolute atomic E-state index is 2.37. The average molecular weight is 168 g/mol. The molecule has 0 nitrogen and oxygen atoms in total. The Morgan fingerprint density at radius 3 is 2.17 bits per heavy atom. The molecule has 12 heavy (non-hydrogen) atoms. The number of hydrogen-bond acceptors (Lipinski definition) is 0. The van der Waals surface area contributed by atoms with Crippen molar-refractivity contribution >= 4 is 0 Å². The van der Waals surface area contributed by atoms with Crippen LogP contribution in [0.25, 0.3) is 0 Å². The largest absolute Gasteiger partial charge is 0.0654 e. The van der Waals surface area contributed by atoms with Gasteiger partial charge in [0.1, 0.15) is 0 Å². The summed E-state index contributed by atoms with van der Waals surface area (Å²) in [7, 11) is 0. The monoisotopic (exact) mass is 168 g/mol. The van der Waals surface area contributed by atoms with Gasteiger partial charge in [0.05, 0.1) is 0 Å². The molecule has 1 aliphatic rings. The van der Waals surface area contributed by atoms with Crippen LogP contribution in [0.5, 0.6) is 0 Å². The molecule has 0 aromatic rings. The van der Waals surface area contributed by atoms with Crippen LogP contribution < -0.4 is 0 Å². The predicted molar refractivity (Wildman–Crippen MR) is 55.3 cm³/mol. The fourth-order valence-corrected chi connectivity index (χ4v) is 2.75. The molecule has 0 aromatic heterocycles. The van der Waals surface area contributed by atoms with Gasteiger partial charge in [-0.1, -0.05) is 65.2 Å². The number of hydrogen-bond donors (Lipinski definition) is 0. The molecule has 0 heteroatoms. The van der Waals surface area contributed by atoms with Crippen LogP contribution in [0.4, 0.5) is 0 Å². The van der Waals surface area contributed by atoms with Gasteiger partial charge in [0.15, 0.2) is 0 Å². The third-order valence-electron chi connectivity index (χ3n) is 3.50. The fraction of sp³-hybridized carbons (Fsp3) is 1.00. The van der Waals surface area contributed by atoms with Crippen LogP contribution in [-0.4, -0.2) is 0 Å². The van der Waals surface area contributed by atoms with E-state index in [0.29, 0.717) is 0 Å². The summed E-state index contributed by atoms with van der Waals surface area (Å²) in [5.41, 5.74) is 0. The molecule has 1 saturated carbocycles. The first kappa shape index (κ1) is 10.1. The van der Waals surface area contributed by atoms with Gasteiger partial charge in [-0.15, -0.1) is 0 Å². The van der Waals surface area contributed by atoms with Crippen LogP contribution in [0.3, 0.4) is 0 Å². The first-order chi connectivity index (χ1) is 5.88. The van der Waals surface area contributed by atoms with Crippen molar-refractivity contribution in [3.63, 3.8) is 0 Å². The van der Waals surface area contributed by atoms with Gasteiger partial charge in [0, 0.05) is 0 Å². The minimum Gasteiger partial charge on any atom is -0.0654 e. The molecule has 1 aliphatic carbocycles. The molecular weight excluding hydrogens is 144 g/mol. The lowest BCUT2D eigenvalue weighted by atomic mass is 9.83. The predicted octanol–water partition coefficient (Wildman–Crippen LogP) is 4.39. The van der Waals surface area contributed by atoms with E-state index in [1.165, 1.54) is 51.4 Å². The summed E-state index contributed by atoms with van der Waals surface area (Å²) in [4.78, 5) is 0. The third-order valence-corrected chi connectivity index (χ3v) is 3.50. The van der Waals surface area contributed by atoms with Crippen LogP contribution in [0.1, 0.15) is 65.2 Å². The zero-order chi connectivity index (χ0) is 8.81. The van der Waals surface area contributed by atoms with E-state index >= 15 is 0 Å². The Kier molecular flexibility index (Phi) is 4.72. The lowest BCUT2D eigenvalue weighted by Crippen LogP contribution is -2.12. The molecule has 2 atom stereocenters. The lowest BCUT2D eigenvalue weighted by molar-refractivity contribution is 0.284. The molecule has 0 radical (unpaired) electrons. The minimum atomic E-state index is 1.06. The van der Waals surface area contributed by atoms with E-state index in [0.717, 1.165) is 11.8 Å².